The highest BCUT2D eigenvalue weighted by Crippen LogP contribution is 2.27. The molecule has 0 fully saturated rings. The Balaban J connectivity index is 2.20. The zero-order chi connectivity index (χ0) is 14.7. The first kappa shape index (κ1) is 14.4. The second-order valence-electron chi connectivity index (χ2n) is 3.77. The lowest BCUT2D eigenvalue weighted by Gasteiger charge is -2.05. The number of nitro groups is 1. The molecule has 8 heteroatoms. The molecule has 0 aliphatic rings. The van der Waals surface area contributed by atoms with Crippen molar-refractivity contribution in [3.8, 4) is 0 Å². The van der Waals surface area contributed by atoms with Crippen molar-refractivity contribution in [2.24, 2.45) is 0 Å². The van der Waals surface area contributed by atoms with E-state index in [0.29, 0.717) is 15.7 Å². The van der Waals surface area contributed by atoms with Gasteiger partial charge in [-0.05, 0) is 34.1 Å². The van der Waals surface area contributed by atoms with E-state index in [-0.39, 0.29) is 16.6 Å². The van der Waals surface area contributed by atoms with Gasteiger partial charge >= 0.3 is 0 Å². The number of amides is 1. The van der Waals surface area contributed by atoms with Crippen LogP contribution < -0.4 is 5.32 Å². The summed E-state index contributed by atoms with van der Waals surface area (Å²) in [6.45, 7) is 0. The number of carbonyl (C=O) groups is 1. The zero-order valence-electron chi connectivity index (χ0n) is 9.84. The molecule has 0 saturated heterocycles. The number of nitrogens with one attached hydrogen (secondary N) is 1. The average Bonchev–Trinajstić information content (AvgIpc) is 2.38. The molecule has 0 aliphatic carbocycles. The number of carbonyl (C=O) groups excluding carboxylic acids is 1. The Kier molecular flexibility index (Phi) is 4.31. The number of halogens is 2. The normalized spacial score (nSPS) is 10.1. The molecule has 1 heterocycles. The fourth-order valence-electron chi connectivity index (χ4n) is 1.47. The van der Waals surface area contributed by atoms with Crippen molar-refractivity contribution in [1.82, 2.24) is 4.98 Å². The number of benzene rings is 1. The Labute approximate surface area is 127 Å². The topological polar surface area (TPSA) is 85.1 Å². The molecule has 0 atom stereocenters. The smallest absolute Gasteiger partial charge is 0.288 e. The van der Waals surface area contributed by atoms with Gasteiger partial charge in [-0.15, -0.1) is 0 Å². The van der Waals surface area contributed by atoms with Gasteiger partial charge in [0, 0.05) is 28.6 Å². The van der Waals surface area contributed by atoms with Gasteiger partial charge in [0.15, 0.2) is 0 Å². The monoisotopic (exact) mass is 355 g/mol. The van der Waals surface area contributed by atoms with Gasteiger partial charge in [-0.2, -0.15) is 0 Å². The number of anilines is 1. The first-order valence-corrected chi connectivity index (χ1v) is 6.50. The van der Waals surface area contributed by atoms with E-state index in [4.69, 9.17) is 11.6 Å². The minimum Gasteiger partial charge on any atom is -0.322 e. The third kappa shape index (κ3) is 3.31. The van der Waals surface area contributed by atoms with Crippen molar-refractivity contribution in [3.05, 3.63) is 61.8 Å². The Morgan fingerprint density at radius 3 is 2.70 bits per heavy atom. The van der Waals surface area contributed by atoms with E-state index in [0.717, 1.165) is 0 Å². The SMILES string of the molecule is O=C(Nc1ccc([N+](=O)[O-])c(Cl)c1)c1cncc(Br)c1. The van der Waals surface area contributed by atoms with Crippen molar-refractivity contribution < 1.29 is 9.72 Å². The molecule has 0 radical (unpaired) electrons. The van der Waals surface area contributed by atoms with Crippen LogP contribution in [0.3, 0.4) is 0 Å². The molecule has 0 spiro atoms. The highest BCUT2D eigenvalue weighted by atomic mass is 79.9. The molecule has 0 bridgehead atoms. The number of rotatable bonds is 3. The fourth-order valence-corrected chi connectivity index (χ4v) is 2.09. The van der Waals surface area contributed by atoms with Crippen LogP contribution in [0.25, 0.3) is 0 Å². The van der Waals surface area contributed by atoms with E-state index in [1.807, 2.05) is 0 Å². The first-order chi connectivity index (χ1) is 9.47. The molecule has 1 aromatic heterocycles. The maximum absolute atomic E-state index is 11.9. The van der Waals surface area contributed by atoms with Gasteiger partial charge < -0.3 is 5.32 Å². The summed E-state index contributed by atoms with van der Waals surface area (Å²) in [6, 6.07) is 5.57. The summed E-state index contributed by atoms with van der Waals surface area (Å²) in [7, 11) is 0. The van der Waals surface area contributed by atoms with Crippen LogP contribution >= 0.6 is 27.5 Å². The van der Waals surface area contributed by atoms with Gasteiger partial charge in [0.25, 0.3) is 11.6 Å². The van der Waals surface area contributed by atoms with Crippen LogP contribution in [0.5, 0.6) is 0 Å². The Morgan fingerprint density at radius 2 is 2.10 bits per heavy atom. The lowest BCUT2D eigenvalue weighted by Crippen LogP contribution is -2.12. The van der Waals surface area contributed by atoms with Gasteiger partial charge in [0.2, 0.25) is 0 Å². The number of nitro benzene ring substituents is 1. The number of hydrogen-bond donors (Lipinski definition) is 1. The summed E-state index contributed by atoms with van der Waals surface area (Å²) in [4.78, 5) is 25.9. The average molecular weight is 357 g/mol. The minimum atomic E-state index is -0.591. The molecule has 0 saturated carbocycles. The lowest BCUT2D eigenvalue weighted by molar-refractivity contribution is -0.384. The second-order valence-corrected chi connectivity index (χ2v) is 5.09. The van der Waals surface area contributed by atoms with Crippen LogP contribution in [0.2, 0.25) is 5.02 Å². The van der Waals surface area contributed by atoms with Gasteiger partial charge in [-0.25, -0.2) is 0 Å². The summed E-state index contributed by atoms with van der Waals surface area (Å²) in [6.07, 6.45) is 2.96. The molecule has 0 unspecified atom stereocenters. The van der Waals surface area contributed by atoms with Crippen molar-refractivity contribution in [2.75, 3.05) is 5.32 Å². The first-order valence-electron chi connectivity index (χ1n) is 5.33. The molecule has 2 aromatic rings. The van der Waals surface area contributed by atoms with Crippen molar-refractivity contribution >= 4 is 44.8 Å². The van der Waals surface area contributed by atoms with Crippen LogP contribution in [-0.4, -0.2) is 15.8 Å². The summed E-state index contributed by atoms with van der Waals surface area (Å²) in [5, 5.41) is 13.2. The molecular weight excluding hydrogens is 350 g/mol. The van der Waals surface area contributed by atoms with Crippen LogP contribution in [0.1, 0.15) is 10.4 Å². The maximum Gasteiger partial charge on any atom is 0.288 e. The lowest BCUT2D eigenvalue weighted by atomic mass is 10.2. The van der Waals surface area contributed by atoms with Crippen LogP contribution in [0.15, 0.2) is 41.1 Å². The number of aromatic nitrogens is 1. The van der Waals surface area contributed by atoms with Crippen molar-refractivity contribution in [2.45, 2.75) is 0 Å². The molecule has 2 rings (SSSR count). The molecule has 1 aromatic carbocycles. The maximum atomic E-state index is 11.9. The highest BCUT2D eigenvalue weighted by Gasteiger charge is 2.13. The van der Waals surface area contributed by atoms with E-state index >= 15 is 0 Å². The van der Waals surface area contributed by atoms with Crippen LogP contribution in [0, 0.1) is 10.1 Å². The molecule has 102 valence electrons. The molecule has 0 aliphatic heterocycles. The summed E-state index contributed by atoms with van der Waals surface area (Å²) in [5.74, 6) is -0.385. The minimum absolute atomic E-state index is 0.0415. The summed E-state index contributed by atoms with van der Waals surface area (Å²) in [5.41, 5.74) is 0.508. The fraction of sp³-hybridized carbons (Fsp3) is 0. The van der Waals surface area contributed by atoms with Gasteiger partial charge in [-0.1, -0.05) is 11.6 Å². The zero-order valence-corrected chi connectivity index (χ0v) is 12.2. The number of hydrogen-bond acceptors (Lipinski definition) is 4. The number of pyridine rings is 1. The highest BCUT2D eigenvalue weighted by molar-refractivity contribution is 9.10. The third-order valence-electron chi connectivity index (χ3n) is 2.37. The van der Waals surface area contributed by atoms with Crippen LogP contribution in [-0.2, 0) is 0 Å². The third-order valence-corrected chi connectivity index (χ3v) is 3.11. The summed E-state index contributed by atoms with van der Waals surface area (Å²) < 4.78 is 0.673. The molecular formula is C12H7BrClN3O3. The van der Waals surface area contributed by atoms with Crippen molar-refractivity contribution in [3.63, 3.8) is 0 Å². The number of nitrogens with zero attached hydrogens (tertiary/aromatic N) is 2. The standard InChI is InChI=1S/C12H7BrClN3O3/c13-8-3-7(5-15-6-8)12(18)16-9-1-2-11(17(19)20)10(14)4-9/h1-6H,(H,16,18). The van der Waals surface area contributed by atoms with Gasteiger partial charge in [-0.3, -0.25) is 19.9 Å². The second kappa shape index (κ2) is 5.98. The van der Waals surface area contributed by atoms with Crippen LogP contribution in [0.4, 0.5) is 11.4 Å². The quantitative estimate of drug-likeness (QED) is 0.672. The molecule has 20 heavy (non-hydrogen) atoms. The van der Waals surface area contributed by atoms with E-state index in [9.17, 15) is 14.9 Å². The van der Waals surface area contributed by atoms with Gasteiger partial charge in [0.1, 0.15) is 5.02 Å². The van der Waals surface area contributed by atoms with Gasteiger partial charge in [0.05, 0.1) is 10.5 Å². The Hall–Kier alpha value is -1.99. The summed E-state index contributed by atoms with van der Waals surface area (Å²) >= 11 is 8.98. The molecule has 1 amide bonds. The Bertz CT molecular complexity index is 693. The van der Waals surface area contributed by atoms with E-state index in [1.165, 1.54) is 24.4 Å². The molecule has 6 nitrogen and oxygen atoms in total. The van der Waals surface area contributed by atoms with Crippen molar-refractivity contribution in [1.29, 1.82) is 0 Å². The Morgan fingerprint density at radius 1 is 1.35 bits per heavy atom. The predicted molar refractivity (Wildman–Crippen MR) is 78.0 cm³/mol. The van der Waals surface area contributed by atoms with E-state index < -0.39 is 4.92 Å². The van der Waals surface area contributed by atoms with E-state index in [1.54, 1.807) is 12.3 Å². The predicted octanol–water partition coefficient (Wildman–Crippen LogP) is 3.66. The molecule has 1 N–H and O–H groups in total. The largest absolute Gasteiger partial charge is 0.322 e. The van der Waals surface area contributed by atoms with E-state index in [2.05, 4.69) is 26.2 Å².